The van der Waals surface area contributed by atoms with Crippen LogP contribution in [0, 0.1) is 0 Å². The van der Waals surface area contributed by atoms with Gasteiger partial charge in [-0.3, -0.25) is 0 Å². The van der Waals surface area contributed by atoms with Crippen LogP contribution in [-0.2, 0) is 9.47 Å². The number of rotatable bonds is 6. The number of hydrogen-bond acceptors (Lipinski definition) is 9. The Balaban J connectivity index is 2.78. The van der Waals surface area contributed by atoms with Crippen LogP contribution in [0.1, 0.15) is 6.92 Å². The fraction of sp³-hybridized carbons (Fsp3) is 1.00. The maximum absolute atomic E-state index is 9.74. The summed E-state index contributed by atoms with van der Waals surface area (Å²) in [7, 11) is 0. The van der Waals surface area contributed by atoms with E-state index in [0.29, 0.717) is 0 Å². The first-order valence-electron chi connectivity index (χ1n) is 6.26. The molecule has 1 fully saturated rings. The van der Waals surface area contributed by atoms with E-state index in [1.54, 1.807) is 0 Å². The standard InChI is InChI=1S/C11H22O9/c1-4(14)10(5(15)2-12)20-11-9(18)8(17)7(16)6(3-13)19-11/h4-18H,2-3H2,1H3. The molecule has 8 atom stereocenters. The third-order valence-electron chi connectivity index (χ3n) is 3.18. The molecule has 0 bridgehead atoms. The van der Waals surface area contributed by atoms with Gasteiger partial charge >= 0.3 is 0 Å². The largest absolute Gasteiger partial charge is 0.394 e. The molecule has 0 aliphatic carbocycles. The lowest BCUT2D eigenvalue weighted by Gasteiger charge is -2.41. The fourth-order valence-electron chi connectivity index (χ4n) is 1.96. The zero-order chi connectivity index (χ0) is 15.4. The maximum atomic E-state index is 9.74. The quantitative estimate of drug-likeness (QED) is 0.258. The molecule has 0 saturated carbocycles. The summed E-state index contributed by atoms with van der Waals surface area (Å²) in [5.41, 5.74) is 0. The molecule has 1 aliphatic heterocycles. The van der Waals surface area contributed by atoms with Crippen molar-refractivity contribution in [2.45, 2.75) is 55.9 Å². The van der Waals surface area contributed by atoms with Crippen LogP contribution in [0.15, 0.2) is 0 Å². The summed E-state index contributed by atoms with van der Waals surface area (Å²) in [6.07, 6.45) is -11.3. The third kappa shape index (κ3) is 3.85. The van der Waals surface area contributed by atoms with E-state index in [1.165, 1.54) is 6.92 Å². The van der Waals surface area contributed by atoms with Gasteiger partial charge in [-0.15, -0.1) is 0 Å². The Kier molecular flexibility index (Phi) is 6.72. The fourth-order valence-corrected chi connectivity index (χ4v) is 1.96. The van der Waals surface area contributed by atoms with Crippen molar-refractivity contribution in [2.24, 2.45) is 0 Å². The summed E-state index contributed by atoms with van der Waals surface area (Å²) in [4.78, 5) is 0. The van der Waals surface area contributed by atoms with Crippen LogP contribution in [0.4, 0.5) is 0 Å². The highest BCUT2D eigenvalue weighted by Crippen LogP contribution is 2.24. The summed E-state index contributed by atoms with van der Waals surface area (Å²) in [5, 5.41) is 65.8. The van der Waals surface area contributed by atoms with Crippen LogP contribution in [0.2, 0.25) is 0 Å². The van der Waals surface area contributed by atoms with Gasteiger partial charge in [-0.05, 0) is 6.92 Å². The third-order valence-corrected chi connectivity index (χ3v) is 3.18. The van der Waals surface area contributed by atoms with Gasteiger partial charge in [0.15, 0.2) is 6.29 Å². The van der Waals surface area contributed by atoms with Gasteiger partial charge in [0.05, 0.1) is 19.3 Å². The van der Waals surface area contributed by atoms with E-state index in [-0.39, 0.29) is 0 Å². The van der Waals surface area contributed by atoms with Crippen LogP contribution < -0.4 is 0 Å². The van der Waals surface area contributed by atoms with Gasteiger partial charge in [-0.25, -0.2) is 0 Å². The molecule has 8 unspecified atom stereocenters. The van der Waals surface area contributed by atoms with Crippen molar-refractivity contribution >= 4 is 0 Å². The molecular formula is C11H22O9. The molecular weight excluding hydrogens is 276 g/mol. The Hall–Kier alpha value is -0.360. The molecule has 9 heteroatoms. The van der Waals surface area contributed by atoms with E-state index < -0.39 is 62.2 Å². The first-order valence-corrected chi connectivity index (χ1v) is 6.26. The molecule has 0 aromatic heterocycles. The first kappa shape index (κ1) is 17.7. The second-order valence-corrected chi connectivity index (χ2v) is 4.79. The van der Waals surface area contributed by atoms with E-state index in [1.807, 2.05) is 0 Å². The van der Waals surface area contributed by atoms with Crippen molar-refractivity contribution in [3.63, 3.8) is 0 Å². The minimum absolute atomic E-state index is 0.618. The molecule has 1 rings (SSSR count). The first-order chi connectivity index (χ1) is 9.33. The van der Waals surface area contributed by atoms with Gasteiger partial charge in [-0.1, -0.05) is 0 Å². The molecule has 1 saturated heterocycles. The number of aliphatic hydroxyl groups is 7. The second kappa shape index (κ2) is 7.59. The van der Waals surface area contributed by atoms with Gasteiger partial charge < -0.3 is 45.2 Å². The van der Waals surface area contributed by atoms with Crippen molar-refractivity contribution in [3.05, 3.63) is 0 Å². The van der Waals surface area contributed by atoms with Gasteiger partial charge in [0, 0.05) is 0 Å². The Labute approximate surface area is 115 Å². The van der Waals surface area contributed by atoms with Crippen LogP contribution in [0.3, 0.4) is 0 Å². The van der Waals surface area contributed by atoms with Crippen LogP contribution in [-0.4, -0.2) is 98.0 Å². The summed E-state index contributed by atoms with van der Waals surface area (Å²) in [6.45, 7) is -0.00670. The predicted octanol–water partition coefficient (Wildman–Crippen LogP) is -4.09. The SMILES string of the molecule is CC(O)C(OC1OC(CO)C(O)C(O)C1O)C(O)CO. The molecule has 20 heavy (non-hydrogen) atoms. The highest BCUT2D eigenvalue weighted by molar-refractivity contribution is 4.90. The zero-order valence-corrected chi connectivity index (χ0v) is 11.0. The summed E-state index contributed by atoms with van der Waals surface area (Å²) in [5.74, 6) is 0. The Morgan fingerprint density at radius 2 is 1.65 bits per heavy atom. The average Bonchev–Trinajstić information content (AvgIpc) is 2.43. The second-order valence-electron chi connectivity index (χ2n) is 4.79. The maximum Gasteiger partial charge on any atom is 0.187 e. The summed E-state index contributed by atoms with van der Waals surface area (Å²) in [6, 6.07) is 0. The molecule has 1 heterocycles. The van der Waals surface area contributed by atoms with Gasteiger partial charge in [0.25, 0.3) is 0 Å². The number of hydrogen-bond donors (Lipinski definition) is 7. The highest BCUT2D eigenvalue weighted by atomic mass is 16.7. The summed E-state index contributed by atoms with van der Waals surface area (Å²) >= 11 is 0. The van der Waals surface area contributed by atoms with Crippen molar-refractivity contribution < 1.29 is 45.2 Å². The van der Waals surface area contributed by atoms with Gasteiger partial charge in [0.2, 0.25) is 0 Å². The average molecular weight is 298 g/mol. The molecule has 120 valence electrons. The normalized spacial score (nSPS) is 39.3. The van der Waals surface area contributed by atoms with E-state index in [0.717, 1.165) is 0 Å². The smallest absolute Gasteiger partial charge is 0.187 e. The molecule has 9 nitrogen and oxygen atoms in total. The molecule has 0 amide bonds. The molecule has 0 aromatic rings. The lowest BCUT2D eigenvalue weighted by Crippen LogP contribution is -2.60. The molecule has 1 aliphatic rings. The predicted molar refractivity (Wildman–Crippen MR) is 63.4 cm³/mol. The molecule has 0 spiro atoms. The minimum atomic E-state index is -1.64. The molecule has 0 radical (unpaired) electrons. The lowest BCUT2D eigenvalue weighted by molar-refractivity contribution is -0.323. The molecule has 0 aromatic carbocycles. The molecule has 7 N–H and O–H groups in total. The van der Waals surface area contributed by atoms with Crippen LogP contribution >= 0.6 is 0 Å². The van der Waals surface area contributed by atoms with Gasteiger partial charge in [0.1, 0.15) is 36.6 Å². The van der Waals surface area contributed by atoms with Crippen molar-refractivity contribution in [1.29, 1.82) is 0 Å². The van der Waals surface area contributed by atoms with E-state index in [9.17, 15) is 25.5 Å². The minimum Gasteiger partial charge on any atom is -0.394 e. The van der Waals surface area contributed by atoms with Crippen molar-refractivity contribution in [3.8, 4) is 0 Å². The highest BCUT2D eigenvalue weighted by Gasteiger charge is 2.45. The van der Waals surface area contributed by atoms with Crippen molar-refractivity contribution in [1.82, 2.24) is 0 Å². The van der Waals surface area contributed by atoms with E-state index in [2.05, 4.69) is 0 Å². The Morgan fingerprint density at radius 3 is 2.10 bits per heavy atom. The van der Waals surface area contributed by atoms with E-state index >= 15 is 0 Å². The zero-order valence-electron chi connectivity index (χ0n) is 11.0. The Morgan fingerprint density at radius 1 is 1.05 bits per heavy atom. The van der Waals surface area contributed by atoms with Crippen LogP contribution in [0.5, 0.6) is 0 Å². The number of ether oxygens (including phenoxy) is 2. The van der Waals surface area contributed by atoms with Crippen molar-refractivity contribution in [2.75, 3.05) is 13.2 Å². The lowest BCUT2D eigenvalue weighted by atomic mass is 9.99. The number of aliphatic hydroxyl groups excluding tert-OH is 7. The summed E-state index contributed by atoms with van der Waals surface area (Å²) < 4.78 is 10.2. The van der Waals surface area contributed by atoms with Crippen LogP contribution in [0.25, 0.3) is 0 Å². The monoisotopic (exact) mass is 298 g/mol. The Bertz CT molecular complexity index is 285. The topological polar surface area (TPSA) is 160 Å². The van der Waals surface area contributed by atoms with E-state index in [4.69, 9.17) is 19.7 Å². The van der Waals surface area contributed by atoms with Gasteiger partial charge in [-0.2, -0.15) is 0 Å².